The first-order valence-electron chi connectivity index (χ1n) is 18.3. The zero-order chi connectivity index (χ0) is 39.6. The number of aliphatic hydroxyl groups is 1. The van der Waals surface area contributed by atoms with Crippen LogP contribution >= 0.6 is 0 Å². The van der Waals surface area contributed by atoms with E-state index in [0.29, 0.717) is 69.6 Å². The van der Waals surface area contributed by atoms with Crippen LogP contribution in [0.5, 0.6) is 0 Å². The summed E-state index contributed by atoms with van der Waals surface area (Å²) in [6, 6.07) is 14.4. The lowest BCUT2D eigenvalue weighted by Gasteiger charge is -2.44. The number of fused-ring (bicyclic) bond motifs is 2. The Morgan fingerprint density at radius 1 is 0.945 bits per heavy atom. The maximum Gasteiger partial charge on any atom is 0.416 e. The molecule has 55 heavy (non-hydrogen) atoms. The lowest BCUT2D eigenvalue weighted by atomic mass is 9.72. The topological polar surface area (TPSA) is 82.5 Å². The monoisotopic (exact) mass is 779 g/mol. The van der Waals surface area contributed by atoms with Gasteiger partial charge in [-0.05, 0) is 98.6 Å². The maximum atomic E-state index is 14.0. The van der Waals surface area contributed by atoms with Gasteiger partial charge in [-0.2, -0.15) is 26.3 Å². The van der Waals surface area contributed by atoms with Gasteiger partial charge in [-0.1, -0.05) is 36.4 Å². The van der Waals surface area contributed by atoms with Crippen LogP contribution in [0.25, 0.3) is 0 Å². The Hall–Kier alpha value is -4.05. The van der Waals surface area contributed by atoms with Gasteiger partial charge in [-0.25, -0.2) is 4.39 Å². The van der Waals surface area contributed by atoms with E-state index < -0.39 is 53.1 Å². The summed E-state index contributed by atoms with van der Waals surface area (Å²) in [4.78, 5) is 31.4. The molecule has 6 rings (SSSR count). The summed E-state index contributed by atoms with van der Waals surface area (Å²) in [5.74, 6) is -1.70. The third kappa shape index (κ3) is 8.84. The van der Waals surface area contributed by atoms with Gasteiger partial charge < -0.3 is 29.3 Å². The second kappa shape index (κ2) is 16.2. The molecule has 3 aliphatic rings. The van der Waals surface area contributed by atoms with Crippen LogP contribution in [0.3, 0.4) is 0 Å². The van der Waals surface area contributed by atoms with Gasteiger partial charge in [0.25, 0.3) is 5.91 Å². The van der Waals surface area contributed by atoms with Crippen molar-refractivity contribution in [2.75, 3.05) is 59.7 Å². The standard InChI is InChI=1S/C40H44F7N3O5/c1-48(15-4-5-19-51)35(52)24-54-34-22-27-6-2-3-7-33(27)37(34)12-16-49(17-13-37)18-14-38(29-8-10-32(41)11-9-29)25-50(26-55-38)36(53)28-20-30(39(42,43)44)23-31(21-28)40(45,46)47/h2-3,6-11,20-21,23,34,51H,4-5,12-19,22,24-26H2,1H3/t34-,38+/m0/s1. The molecule has 15 heteroatoms. The largest absolute Gasteiger partial charge is 0.416 e. The van der Waals surface area contributed by atoms with E-state index in [-0.39, 0.29) is 43.3 Å². The van der Waals surface area contributed by atoms with E-state index in [1.165, 1.54) is 35.4 Å². The van der Waals surface area contributed by atoms with E-state index in [4.69, 9.17) is 14.6 Å². The van der Waals surface area contributed by atoms with Crippen LogP contribution in [0.4, 0.5) is 30.7 Å². The number of rotatable bonds is 12. The molecule has 0 unspecified atom stereocenters. The van der Waals surface area contributed by atoms with Crippen molar-refractivity contribution < 1.29 is 54.9 Å². The van der Waals surface area contributed by atoms with E-state index in [1.54, 1.807) is 11.9 Å². The fraction of sp³-hybridized carbons (Fsp3) is 0.500. The van der Waals surface area contributed by atoms with Crippen LogP contribution in [-0.4, -0.2) is 97.4 Å². The zero-order valence-corrected chi connectivity index (χ0v) is 30.4. The molecule has 1 aliphatic carbocycles. The van der Waals surface area contributed by atoms with Crippen molar-refractivity contribution in [2.24, 2.45) is 0 Å². The van der Waals surface area contributed by atoms with Crippen molar-refractivity contribution >= 4 is 11.8 Å². The predicted molar refractivity (Wildman–Crippen MR) is 187 cm³/mol. The third-order valence-corrected chi connectivity index (χ3v) is 11.3. The zero-order valence-electron chi connectivity index (χ0n) is 30.4. The summed E-state index contributed by atoms with van der Waals surface area (Å²) in [6.45, 7) is 1.69. The minimum atomic E-state index is -5.12. The molecule has 2 aliphatic heterocycles. The van der Waals surface area contributed by atoms with Crippen molar-refractivity contribution in [1.82, 2.24) is 14.7 Å². The molecule has 8 nitrogen and oxygen atoms in total. The van der Waals surface area contributed by atoms with Gasteiger partial charge in [0.05, 0.1) is 23.8 Å². The molecule has 2 atom stereocenters. The van der Waals surface area contributed by atoms with Gasteiger partial charge in [0, 0.05) is 37.7 Å². The number of likely N-dealkylation sites (tertiary alicyclic amines) is 1. The number of halogens is 7. The molecule has 0 radical (unpaired) electrons. The number of hydrogen-bond donors (Lipinski definition) is 1. The number of carbonyl (C=O) groups is 2. The highest BCUT2D eigenvalue weighted by atomic mass is 19.4. The molecule has 2 fully saturated rings. The molecule has 298 valence electrons. The Morgan fingerprint density at radius 3 is 2.24 bits per heavy atom. The van der Waals surface area contributed by atoms with Crippen LogP contribution < -0.4 is 0 Å². The number of ether oxygens (including phenoxy) is 2. The van der Waals surface area contributed by atoms with Crippen LogP contribution in [0.2, 0.25) is 0 Å². The summed E-state index contributed by atoms with van der Waals surface area (Å²) >= 11 is 0. The number of benzene rings is 3. The molecule has 2 heterocycles. The summed E-state index contributed by atoms with van der Waals surface area (Å²) in [5, 5.41) is 9.08. The quantitative estimate of drug-likeness (QED) is 0.161. The fourth-order valence-electron chi connectivity index (χ4n) is 8.16. The number of unbranched alkanes of at least 4 members (excludes halogenated alkanes) is 1. The first-order valence-corrected chi connectivity index (χ1v) is 18.3. The number of alkyl halides is 6. The smallest absolute Gasteiger partial charge is 0.396 e. The Kier molecular flexibility index (Phi) is 12.0. The predicted octanol–water partition coefficient (Wildman–Crippen LogP) is 6.78. The molecule has 3 aromatic rings. The average Bonchev–Trinajstić information content (AvgIpc) is 3.73. The van der Waals surface area contributed by atoms with Crippen LogP contribution in [-0.2, 0) is 44.1 Å². The van der Waals surface area contributed by atoms with Crippen LogP contribution in [0.15, 0.2) is 66.7 Å². The molecule has 1 spiro atoms. The first-order chi connectivity index (χ1) is 26.0. The number of carbonyl (C=O) groups excluding carboxylic acids is 2. The highest BCUT2D eigenvalue weighted by Gasteiger charge is 2.50. The molecule has 2 amide bonds. The van der Waals surface area contributed by atoms with Crippen molar-refractivity contribution in [3.8, 4) is 0 Å². The minimum absolute atomic E-state index is 0.0257. The molecule has 1 N–H and O–H groups in total. The number of piperidine rings is 1. The van der Waals surface area contributed by atoms with Crippen molar-refractivity contribution in [2.45, 2.75) is 68.0 Å². The first kappa shape index (κ1) is 40.6. The van der Waals surface area contributed by atoms with E-state index >= 15 is 0 Å². The van der Waals surface area contributed by atoms with E-state index in [9.17, 15) is 40.3 Å². The molecular formula is C40H44F7N3O5. The number of hydrogen-bond acceptors (Lipinski definition) is 6. The fourth-order valence-corrected chi connectivity index (χ4v) is 8.16. The number of likely N-dealkylation sites (N-methyl/N-ethyl adjacent to an activating group) is 1. The number of amides is 2. The number of nitrogens with zero attached hydrogens (tertiary/aromatic N) is 3. The minimum Gasteiger partial charge on any atom is -0.396 e. The van der Waals surface area contributed by atoms with Gasteiger partial charge in [0.1, 0.15) is 24.8 Å². The van der Waals surface area contributed by atoms with Gasteiger partial charge in [-0.15, -0.1) is 0 Å². The summed E-state index contributed by atoms with van der Waals surface area (Å²) < 4.78 is 108. The lowest BCUT2D eigenvalue weighted by molar-refractivity contribution is -0.143. The normalized spacial score (nSPS) is 21.3. The Labute approximate surface area is 314 Å². The van der Waals surface area contributed by atoms with Gasteiger partial charge >= 0.3 is 12.4 Å². The Balaban J connectivity index is 1.16. The summed E-state index contributed by atoms with van der Waals surface area (Å²) in [5.41, 5.74) is -2.62. The summed E-state index contributed by atoms with van der Waals surface area (Å²) in [6.07, 6.45) is -6.77. The molecule has 0 aromatic heterocycles. The Morgan fingerprint density at radius 2 is 1.60 bits per heavy atom. The van der Waals surface area contributed by atoms with E-state index in [1.807, 2.05) is 12.1 Å². The SMILES string of the molecule is CN(CCCCO)C(=O)CO[C@H]1Cc2ccccc2C12CCN(CC[C@]1(c3ccc(F)cc3)CN(C(=O)c3cc(C(F)(F)F)cc(C(F)(F)F)c3)CO1)CC2. The summed E-state index contributed by atoms with van der Waals surface area (Å²) in [7, 11) is 1.72. The van der Waals surface area contributed by atoms with Gasteiger partial charge in [0.15, 0.2) is 0 Å². The second-order valence-electron chi connectivity index (χ2n) is 14.7. The van der Waals surface area contributed by atoms with Gasteiger partial charge in [0.2, 0.25) is 5.91 Å². The second-order valence-corrected chi connectivity index (χ2v) is 14.7. The average molecular weight is 780 g/mol. The lowest BCUT2D eigenvalue weighted by Crippen LogP contribution is -2.50. The van der Waals surface area contributed by atoms with Crippen molar-refractivity contribution in [3.63, 3.8) is 0 Å². The van der Waals surface area contributed by atoms with E-state index in [2.05, 4.69) is 17.0 Å². The van der Waals surface area contributed by atoms with Crippen LogP contribution in [0, 0.1) is 5.82 Å². The number of aliphatic hydroxyl groups excluding tert-OH is 1. The molecule has 3 aromatic carbocycles. The molecule has 0 saturated carbocycles. The molecule has 0 bridgehead atoms. The van der Waals surface area contributed by atoms with Gasteiger partial charge in [-0.3, -0.25) is 9.59 Å². The van der Waals surface area contributed by atoms with Crippen LogP contribution in [0.1, 0.15) is 70.3 Å². The highest BCUT2D eigenvalue weighted by molar-refractivity contribution is 5.95. The van der Waals surface area contributed by atoms with Crippen molar-refractivity contribution in [1.29, 1.82) is 0 Å². The third-order valence-electron chi connectivity index (χ3n) is 11.3. The highest BCUT2D eigenvalue weighted by Crippen LogP contribution is 2.48. The maximum absolute atomic E-state index is 14.0. The van der Waals surface area contributed by atoms with E-state index in [0.717, 1.165) is 17.7 Å². The Bertz CT molecular complexity index is 1800. The molecule has 2 saturated heterocycles. The molecular weight excluding hydrogens is 735 g/mol. The van der Waals surface area contributed by atoms with Crippen molar-refractivity contribution in [3.05, 3.63) is 106 Å².